The lowest BCUT2D eigenvalue weighted by atomic mass is 9.95. The Kier molecular flexibility index (Phi) is 3.36. The molecular weight excluding hydrogens is 290 g/mol. The van der Waals surface area contributed by atoms with Crippen LogP contribution in [0.2, 0.25) is 0 Å². The molecular formula is C16H20F2N2O2. The van der Waals surface area contributed by atoms with E-state index >= 15 is 0 Å². The molecule has 3 aliphatic rings. The van der Waals surface area contributed by atoms with Gasteiger partial charge in [0.1, 0.15) is 11.6 Å². The maximum absolute atomic E-state index is 14.4. The summed E-state index contributed by atoms with van der Waals surface area (Å²) in [7, 11) is 0. The molecule has 120 valence electrons. The second-order valence-electron chi connectivity index (χ2n) is 6.41. The van der Waals surface area contributed by atoms with E-state index in [0.717, 1.165) is 12.8 Å². The lowest BCUT2D eigenvalue weighted by Crippen LogP contribution is -2.52. The third kappa shape index (κ3) is 2.13. The van der Waals surface area contributed by atoms with Crippen LogP contribution in [-0.2, 0) is 16.0 Å². The van der Waals surface area contributed by atoms with Crippen molar-refractivity contribution >= 4 is 5.69 Å². The zero-order chi connectivity index (χ0) is 15.3. The molecule has 4 nitrogen and oxygen atoms in total. The fourth-order valence-corrected chi connectivity index (χ4v) is 4.22. The molecule has 1 aromatic rings. The number of anilines is 1. The van der Waals surface area contributed by atoms with Gasteiger partial charge in [-0.1, -0.05) is 0 Å². The van der Waals surface area contributed by atoms with Gasteiger partial charge in [-0.3, -0.25) is 0 Å². The number of rotatable bonds is 2. The summed E-state index contributed by atoms with van der Waals surface area (Å²) >= 11 is 0. The van der Waals surface area contributed by atoms with Gasteiger partial charge in [0.05, 0.1) is 18.9 Å². The van der Waals surface area contributed by atoms with Crippen LogP contribution >= 0.6 is 0 Å². The predicted molar refractivity (Wildman–Crippen MR) is 77.4 cm³/mol. The largest absolute Gasteiger partial charge is 0.363 e. The molecule has 3 fully saturated rings. The SMILES string of the molecule is NCc1cc(F)c(N2[C@@H]3CC[C@H]2CC2(C3)OCCO2)cc1F. The Hall–Kier alpha value is -1.24. The van der Waals surface area contributed by atoms with Gasteiger partial charge in [-0.2, -0.15) is 0 Å². The van der Waals surface area contributed by atoms with Crippen LogP contribution in [0.4, 0.5) is 14.5 Å². The van der Waals surface area contributed by atoms with E-state index in [2.05, 4.69) is 0 Å². The van der Waals surface area contributed by atoms with Gasteiger partial charge in [0.15, 0.2) is 5.79 Å². The Balaban J connectivity index is 1.66. The van der Waals surface area contributed by atoms with Gasteiger partial charge in [0, 0.05) is 43.1 Å². The predicted octanol–water partition coefficient (Wildman–Crippen LogP) is 2.30. The van der Waals surface area contributed by atoms with Gasteiger partial charge in [0.2, 0.25) is 0 Å². The van der Waals surface area contributed by atoms with Gasteiger partial charge in [-0.05, 0) is 18.9 Å². The van der Waals surface area contributed by atoms with Crippen molar-refractivity contribution in [1.82, 2.24) is 0 Å². The number of hydrogen-bond donors (Lipinski definition) is 1. The maximum Gasteiger partial charge on any atom is 0.172 e. The highest BCUT2D eigenvalue weighted by Gasteiger charge is 2.52. The van der Waals surface area contributed by atoms with Crippen LogP contribution < -0.4 is 10.6 Å². The fourth-order valence-electron chi connectivity index (χ4n) is 4.22. The number of nitrogens with two attached hydrogens (primary N) is 1. The van der Waals surface area contributed by atoms with E-state index in [1.165, 1.54) is 12.1 Å². The molecule has 0 saturated carbocycles. The van der Waals surface area contributed by atoms with Gasteiger partial charge >= 0.3 is 0 Å². The summed E-state index contributed by atoms with van der Waals surface area (Å²) in [5.74, 6) is -1.34. The van der Waals surface area contributed by atoms with E-state index in [1.807, 2.05) is 4.90 Å². The molecule has 22 heavy (non-hydrogen) atoms. The molecule has 0 aliphatic carbocycles. The van der Waals surface area contributed by atoms with Gasteiger partial charge in [-0.25, -0.2) is 8.78 Å². The molecule has 2 N–H and O–H groups in total. The smallest absolute Gasteiger partial charge is 0.172 e. The molecule has 2 bridgehead atoms. The van der Waals surface area contributed by atoms with Crippen LogP contribution in [0.15, 0.2) is 12.1 Å². The van der Waals surface area contributed by atoms with E-state index in [0.29, 0.717) is 31.7 Å². The van der Waals surface area contributed by atoms with Crippen molar-refractivity contribution in [2.45, 2.75) is 50.1 Å². The molecule has 6 heteroatoms. The normalized spacial score (nSPS) is 29.5. The Labute approximate surface area is 128 Å². The van der Waals surface area contributed by atoms with Gasteiger partial charge in [0.25, 0.3) is 0 Å². The molecule has 0 radical (unpaired) electrons. The Morgan fingerprint density at radius 3 is 2.32 bits per heavy atom. The number of fused-ring (bicyclic) bond motifs is 2. The van der Waals surface area contributed by atoms with Crippen LogP contribution in [0.3, 0.4) is 0 Å². The minimum Gasteiger partial charge on any atom is -0.363 e. The van der Waals surface area contributed by atoms with Crippen molar-refractivity contribution < 1.29 is 18.3 Å². The van der Waals surface area contributed by atoms with Crippen molar-refractivity contribution in [3.8, 4) is 0 Å². The highest BCUT2D eigenvalue weighted by molar-refractivity contribution is 5.53. The van der Waals surface area contributed by atoms with Crippen molar-refractivity contribution in [1.29, 1.82) is 0 Å². The summed E-state index contributed by atoms with van der Waals surface area (Å²) in [6.07, 6.45) is 3.34. The molecule has 0 aromatic heterocycles. The first kappa shape index (κ1) is 14.4. The van der Waals surface area contributed by atoms with E-state index < -0.39 is 17.4 Å². The topological polar surface area (TPSA) is 47.7 Å². The van der Waals surface area contributed by atoms with Crippen LogP contribution in [0, 0.1) is 11.6 Å². The standard InChI is InChI=1S/C16H20F2N2O2/c17-13-6-15(14(18)5-10(13)9-19)20-11-1-2-12(20)8-16(7-11)21-3-4-22-16/h5-6,11-12H,1-4,7-9,19H2/t11-,12+. The number of ether oxygens (including phenoxy) is 2. The Bertz CT molecular complexity index is 574. The Morgan fingerprint density at radius 1 is 1.09 bits per heavy atom. The second-order valence-corrected chi connectivity index (χ2v) is 6.41. The van der Waals surface area contributed by atoms with E-state index in [9.17, 15) is 8.78 Å². The molecule has 3 saturated heterocycles. The lowest BCUT2D eigenvalue weighted by molar-refractivity contribution is -0.177. The summed E-state index contributed by atoms with van der Waals surface area (Å²) in [5, 5.41) is 0. The van der Waals surface area contributed by atoms with Crippen molar-refractivity contribution in [3.63, 3.8) is 0 Å². The third-order valence-corrected chi connectivity index (χ3v) is 5.14. The molecule has 1 aromatic carbocycles. The highest BCUT2D eigenvalue weighted by Crippen LogP contribution is 2.47. The quantitative estimate of drug-likeness (QED) is 0.910. The van der Waals surface area contributed by atoms with Gasteiger partial charge in [-0.15, -0.1) is 0 Å². The molecule has 0 unspecified atom stereocenters. The van der Waals surface area contributed by atoms with Crippen molar-refractivity contribution in [2.24, 2.45) is 5.73 Å². The number of piperidine rings is 1. The zero-order valence-corrected chi connectivity index (χ0v) is 12.4. The molecule has 1 spiro atoms. The summed E-state index contributed by atoms with van der Waals surface area (Å²) in [6.45, 7) is 1.24. The monoisotopic (exact) mass is 310 g/mol. The summed E-state index contributed by atoms with van der Waals surface area (Å²) in [4.78, 5) is 2.02. The van der Waals surface area contributed by atoms with E-state index in [4.69, 9.17) is 15.2 Å². The van der Waals surface area contributed by atoms with Gasteiger partial charge < -0.3 is 20.1 Å². The Morgan fingerprint density at radius 2 is 1.73 bits per heavy atom. The number of hydrogen-bond acceptors (Lipinski definition) is 4. The summed E-state index contributed by atoms with van der Waals surface area (Å²) < 4.78 is 40.1. The molecule has 3 heterocycles. The number of nitrogens with zero attached hydrogens (tertiary/aromatic N) is 1. The highest BCUT2D eigenvalue weighted by atomic mass is 19.1. The average Bonchev–Trinajstić information content (AvgIpc) is 3.04. The maximum atomic E-state index is 14.4. The van der Waals surface area contributed by atoms with Crippen LogP contribution in [0.25, 0.3) is 0 Å². The van der Waals surface area contributed by atoms with Crippen molar-refractivity contribution in [3.05, 3.63) is 29.3 Å². The zero-order valence-electron chi connectivity index (χ0n) is 12.4. The third-order valence-electron chi connectivity index (χ3n) is 5.14. The van der Waals surface area contributed by atoms with Crippen molar-refractivity contribution in [2.75, 3.05) is 18.1 Å². The minimum absolute atomic E-state index is 0.000676. The van der Waals surface area contributed by atoms with Crippen LogP contribution in [-0.4, -0.2) is 31.1 Å². The second kappa shape index (κ2) is 5.15. The number of benzene rings is 1. The van der Waals surface area contributed by atoms with Crippen LogP contribution in [0.5, 0.6) is 0 Å². The first-order valence-corrected chi connectivity index (χ1v) is 7.86. The molecule has 2 atom stereocenters. The first-order chi connectivity index (χ1) is 10.6. The van der Waals surface area contributed by atoms with E-state index in [1.54, 1.807) is 0 Å². The number of halogens is 2. The lowest BCUT2D eigenvalue weighted by Gasteiger charge is -2.44. The molecule has 0 amide bonds. The summed E-state index contributed by atoms with van der Waals surface area (Å²) in [6, 6.07) is 2.78. The van der Waals surface area contributed by atoms with E-state index in [-0.39, 0.29) is 24.2 Å². The molecule has 4 rings (SSSR count). The summed E-state index contributed by atoms with van der Waals surface area (Å²) in [5.41, 5.74) is 6.00. The van der Waals surface area contributed by atoms with Crippen LogP contribution in [0.1, 0.15) is 31.2 Å². The first-order valence-electron chi connectivity index (χ1n) is 7.86. The minimum atomic E-state index is -0.505. The molecule has 3 aliphatic heterocycles. The fraction of sp³-hybridized carbons (Fsp3) is 0.625. The average molecular weight is 310 g/mol.